The summed E-state index contributed by atoms with van der Waals surface area (Å²) in [6.45, 7) is 3.87. The van der Waals surface area contributed by atoms with Gasteiger partial charge in [0, 0.05) is 6.42 Å². The number of nitrogens with one attached hydrogen (secondary N) is 1. The molecule has 1 aromatic rings. The lowest BCUT2D eigenvalue weighted by atomic mass is 9.99. The standard InChI is InChI=1S/C17H22N2O3/c1-4-12(2)16(17(21)22-3)19-15(20)10-9-13-5-7-14(11-18)8-6-13/h5-8,12,16H,4,9-10H2,1-3H3,(H,19,20). The number of carbonyl (C=O) groups excluding carboxylic acids is 2. The molecule has 0 saturated carbocycles. The summed E-state index contributed by atoms with van der Waals surface area (Å²) >= 11 is 0. The van der Waals surface area contributed by atoms with Crippen LogP contribution in [0.25, 0.3) is 0 Å². The van der Waals surface area contributed by atoms with Crippen molar-refractivity contribution in [2.75, 3.05) is 7.11 Å². The molecule has 2 atom stereocenters. The van der Waals surface area contributed by atoms with Crippen molar-refractivity contribution in [2.24, 2.45) is 5.92 Å². The van der Waals surface area contributed by atoms with Crippen LogP contribution in [-0.2, 0) is 20.7 Å². The fraction of sp³-hybridized carbons (Fsp3) is 0.471. The number of benzene rings is 1. The zero-order valence-electron chi connectivity index (χ0n) is 13.3. The van der Waals surface area contributed by atoms with Gasteiger partial charge in [0.05, 0.1) is 18.7 Å². The summed E-state index contributed by atoms with van der Waals surface area (Å²) in [7, 11) is 1.32. The number of hydrogen-bond donors (Lipinski definition) is 1. The number of rotatable bonds is 7. The van der Waals surface area contributed by atoms with Gasteiger partial charge >= 0.3 is 5.97 Å². The number of ether oxygens (including phenoxy) is 1. The van der Waals surface area contributed by atoms with E-state index in [-0.39, 0.29) is 18.2 Å². The van der Waals surface area contributed by atoms with E-state index < -0.39 is 12.0 Å². The van der Waals surface area contributed by atoms with Crippen molar-refractivity contribution in [3.05, 3.63) is 35.4 Å². The molecule has 0 spiro atoms. The van der Waals surface area contributed by atoms with Gasteiger partial charge in [0.1, 0.15) is 6.04 Å². The van der Waals surface area contributed by atoms with E-state index in [1.807, 2.05) is 26.0 Å². The number of hydrogen-bond acceptors (Lipinski definition) is 4. The molecule has 1 rings (SSSR count). The molecule has 0 bridgehead atoms. The molecule has 2 unspecified atom stereocenters. The first-order valence-electron chi connectivity index (χ1n) is 7.38. The molecule has 0 aromatic heterocycles. The average molecular weight is 302 g/mol. The molecule has 0 aliphatic heterocycles. The zero-order chi connectivity index (χ0) is 16.5. The molecule has 5 heteroatoms. The summed E-state index contributed by atoms with van der Waals surface area (Å²) in [5.74, 6) is -0.576. The molecule has 1 amide bonds. The topological polar surface area (TPSA) is 79.2 Å². The summed E-state index contributed by atoms with van der Waals surface area (Å²) in [6.07, 6.45) is 1.62. The lowest BCUT2D eigenvalue weighted by molar-refractivity contribution is -0.146. The molecule has 1 aromatic carbocycles. The molecule has 118 valence electrons. The van der Waals surface area contributed by atoms with Gasteiger partial charge in [0.25, 0.3) is 0 Å². The Morgan fingerprint density at radius 1 is 1.32 bits per heavy atom. The molecule has 0 aliphatic carbocycles. The van der Waals surface area contributed by atoms with Gasteiger partial charge in [0.2, 0.25) is 5.91 Å². The molecular formula is C17H22N2O3. The zero-order valence-corrected chi connectivity index (χ0v) is 13.3. The highest BCUT2D eigenvalue weighted by Crippen LogP contribution is 2.10. The van der Waals surface area contributed by atoms with Crippen molar-refractivity contribution in [1.29, 1.82) is 5.26 Å². The molecular weight excluding hydrogens is 280 g/mol. The minimum atomic E-state index is -0.608. The minimum Gasteiger partial charge on any atom is -0.467 e. The summed E-state index contributed by atoms with van der Waals surface area (Å²) in [4.78, 5) is 23.7. The summed E-state index contributed by atoms with van der Waals surface area (Å²) < 4.78 is 4.74. The maximum Gasteiger partial charge on any atom is 0.328 e. The van der Waals surface area contributed by atoms with Gasteiger partial charge < -0.3 is 10.1 Å². The SMILES string of the molecule is CCC(C)C(NC(=O)CCc1ccc(C#N)cc1)C(=O)OC. The van der Waals surface area contributed by atoms with Crippen molar-refractivity contribution >= 4 is 11.9 Å². The molecule has 0 radical (unpaired) electrons. The first-order valence-corrected chi connectivity index (χ1v) is 7.38. The second-order valence-electron chi connectivity index (χ2n) is 5.26. The molecule has 0 saturated heterocycles. The van der Waals surface area contributed by atoms with E-state index in [1.54, 1.807) is 12.1 Å². The molecule has 1 N–H and O–H groups in total. The minimum absolute atomic E-state index is 0.0197. The Hall–Kier alpha value is -2.35. The van der Waals surface area contributed by atoms with Crippen LogP contribution in [0.2, 0.25) is 0 Å². The molecule has 0 heterocycles. The number of nitrogens with zero attached hydrogens (tertiary/aromatic N) is 1. The number of esters is 1. The van der Waals surface area contributed by atoms with Crippen molar-refractivity contribution in [1.82, 2.24) is 5.32 Å². The van der Waals surface area contributed by atoms with Gasteiger partial charge in [-0.3, -0.25) is 4.79 Å². The molecule has 0 aliphatic rings. The van der Waals surface area contributed by atoms with Crippen molar-refractivity contribution in [3.8, 4) is 6.07 Å². The highest BCUT2D eigenvalue weighted by atomic mass is 16.5. The maximum absolute atomic E-state index is 12.0. The lowest BCUT2D eigenvalue weighted by Crippen LogP contribution is -2.45. The van der Waals surface area contributed by atoms with Crippen molar-refractivity contribution in [2.45, 2.75) is 39.2 Å². The van der Waals surface area contributed by atoms with Crippen LogP contribution < -0.4 is 5.32 Å². The van der Waals surface area contributed by atoms with E-state index in [0.29, 0.717) is 12.0 Å². The van der Waals surface area contributed by atoms with Gasteiger partial charge in [0.15, 0.2) is 0 Å². The number of nitriles is 1. The van der Waals surface area contributed by atoms with Gasteiger partial charge in [-0.15, -0.1) is 0 Å². The molecule has 5 nitrogen and oxygen atoms in total. The fourth-order valence-electron chi connectivity index (χ4n) is 2.05. The monoisotopic (exact) mass is 302 g/mol. The third-order valence-electron chi connectivity index (χ3n) is 3.71. The van der Waals surface area contributed by atoms with E-state index in [0.717, 1.165) is 12.0 Å². The Bertz CT molecular complexity index is 546. The Kier molecular flexibility index (Phi) is 7.11. The highest BCUT2D eigenvalue weighted by Gasteiger charge is 2.26. The normalized spacial score (nSPS) is 12.8. The number of amides is 1. The first kappa shape index (κ1) is 17.7. The van der Waals surface area contributed by atoms with E-state index >= 15 is 0 Å². The summed E-state index contributed by atoms with van der Waals surface area (Å²) in [5.41, 5.74) is 1.57. The average Bonchev–Trinajstić information content (AvgIpc) is 2.56. The third kappa shape index (κ3) is 5.21. The van der Waals surface area contributed by atoms with Gasteiger partial charge in [-0.2, -0.15) is 5.26 Å². The van der Waals surface area contributed by atoms with Crippen LogP contribution in [0.5, 0.6) is 0 Å². The highest BCUT2D eigenvalue weighted by molar-refractivity contribution is 5.84. The smallest absolute Gasteiger partial charge is 0.328 e. The van der Waals surface area contributed by atoms with E-state index in [2.05, 4.69) is 11.4 Å². The van der Waals surface area contributed by atoms with E-state index in [9.17, 15) is 9.59 Å². The van der Waals surface area contributed by atoms with Crippen LogP contribution >= 0.6 is 0 Å². The molecule has 22 heavy (non-hydrogen) atoms. The maximum atomic E-state index is 12.0. The Morgan fingerprint density at radius 3 is 2.45 bits per heavy atom. The fourth-order valence-corrected chi connectivity index (χ4v) is 2.05. The second-order valence-corrected chi connectivity index (χ2v) is 5.26. The number of carbonyl (C=O) groups is 2. The molecule has 0 fully saturated rings. The van der Waals surface area contributed by atoms with Gasteiger partial charge in [-0.05, 0) is 30.0 Å². The largest absolute Gasteiger partial charge is 0.467 e. The van der Waals surface area contributed by atoms with Crippen LogP contribution in [0.15, 0.2) is 24.3 Å². The van der Waals surface area contributed by atoms with Crippen LogP contribution in [0, 0.1) is 17.2 Å². The Balaban J connectivity index is 2.56. The quantitative estimate of drug-likeness (QED) is 0.783. The number of methoxy groups -OCH3 is 1. The van der Waals surface area contributed by atoms with Crippen LogP contribution in [0.1, 0.15) is 37.8 Å². The van der Waals surface area contributed by atoms with Crippen molar-refractivity contribution < 1.29 is 14.3 Å². The Labute approximate surface area is 131 Å². The van der Waals surface area contributed by atoms with Gasteiger partial charge in [-0.1, -0.05) is 32.4 Å². The second kappa shape index (κ2) is 8.83. The van der Waals surface area contributed by atoms with Crippen LogP contribution in [0.4, 0.5) is 0 Å². The van der Waals surface area contributed by atoms with Gasteiger partial charge in [-0.25, -0.2) is 4.79 Å². The number of aryl methyl sites for hydroxylation is 1. The van der Waals surface area contributed by atoms with Crippen molar-refractivity contribution in [3.63, 3.8) is 0 Å². The lowest BCUT2D eigenvalue weighted by Gasteiger charge is -2.21. The van der Waals surface area contributed by atoms with Crippen LogP contribution in [0.3, 0.4) is 0 Å². The predicted octanol–water partition coefficient (Wildman–Crippen LogP) is 2.19. The summed E-state index contributed by atoms with van der Waals surface area (Å²) in [6, 6.07) is 8.56. The van der Waals surface area contributed by atoms with E-state index in [4.69, 9.17) is 10.00 Å². The third-order valence-corrected chi connectivity index (χ3v) is 3.71. The first-order chi connectivity index (χ1) is 10.5. The Morgan fingerprint density at radius 2 is 1.95 bits per heavy atom. The summed E-state index contributed by atoms with van der Waals surface area (Å²) in [5, 5.41) is 11.5. The van der Waals surface area contributed by atoms with Crippen LogP contribution in [-0.4, -0.2) is 25.0 Å². The van der Waals surface area contributed by atoms with E-state index in [1.165, 1.54) is 7.11 Å². The predicted molar refractivity (Wildman–Crippen MR) is 82.9 cm³/mol.